The van der Waals surface area contributed by atoms with Gasteiger partial charge in [-0.25, -0.2) is 9.97 Å². The Bertz CT molecular complexity index is 949. The van der Waals surface area contributed by atoms with E-state index in [1.165, 1.54) is 32.1 Å². The number of hydrogen-bond donors (Lipinski definition) is 2. The van der Waals surface area contributed by atoms with Crippen LogP contribution < -0.4 is 15.4 Å². The summed E-state index contributed by atoms with van der Waals surface area (Å²) in [5, 5.41) is 7.03. The SMILES string of the molecule is CNC(=O)c1ccc(Oc2ccc3nc(NCC4CCCCC4)sc3c2)cn1. The van der Waals surface area contributed by atoms with Crippen LogP contribution in [0.5, 0.6) is 11.5 Å². The predicted octanol–water partition coefficient (Wildman–Crippen LogP) is 4.84. The number of carbonyl (C=O) groups excluding carboxylic acids is 1. The Balaban J connectivity index is 1.41. The Morgan fingerprint density at radius 3 is 2.75 bits per heavy atom. The van der Waals surface area contributed by atoms with Gasteiger partial charge in [-0.1, -0.05) is 30.6 Å². The summed E-state index contributed by atoms with van der Waals surface area (Å²) in [5.41, 5.74) is 1.33. The normalized spacial score (nSPS) is 14.8. The third-order valence-corrected chi connectivity index (χ3v) is 6.03. The molecule has 1 aliphatic carbocycles. The van der Waals surface area contributed by atoms with Gasteiger partial charge in [-0.05, 0) is 43.0 Å². The largest absolute Gasteiger partial charge is 0.456 e. The van der Waals surface area contributed by atoms with Crippen LogP contribution in [-0.2, 0) is 0 Å². The van der Waals surface area contributed by atoms with Gasteiger partial charge in [-0.15, -0.1) is 0 Å². The van der Waals surface area contributed by atoms with E-state index in [9.17, 15) is 4.79 Å². The monoisotopic (exact) mass is 396 g/mol. The summed E-state index contributed by atoms with van der Waals surface area (Å²) in [6.45, 7) is 1.01. The molecule has 1 saturated carbocycles. The van der Waals surface area contributed by atoms with Crippen molar-refractivity contribution in [2.75, 3.05) is 18.9 Å². The van der Waals surface area contributed by atoms with Crippen molar-refractivity contribution >= 4 is 32.6 Å². The lowest BCUT2D eigenvalue weighted by molar-refractivity contribution is 0.0958. The van der Waals surface area contributed by atoms with Crippen LogP contribution in [0.3, 0.4) is 0 Å². The van der Waals surface area contributed by atoms with Gasteiger partial charge in [-0.3, -0.25) is 4.79 Å². The van der Waals surface area contributed by atoms with Gasteiger partial charge in [0.1, 0.15) is 17.2 Å². The van der Waals surface area contributed by atoms with E-state index in [4.69, 9.17) is 4.74 Å². The molecule has 2 heterocycles. The molecule has 0 atom stereocenters. The average Bonchev–Trinajstić information content (AvgIpc) is 3.15. The molecule has 146 valence electrons. The van der Waals surface area contributed by atoms with Crippen LogP contribution in [0, 0.1) is 5.92 Å². The fourth-order valence-electron chi connectivity index (χ4n) is 3.51. The molecule has 2 N–H and O–H groups in total. The van der Waals surface area contributed by atoms with E-state index in [0.717, 1.165) is 33.6 Å². The van der Waals surface area contributed by atoms with Crippen molar-refractivity contribution in [1.82, 2.24) is 15.3 Å². The van der Waals surface area contributed by atoms with Crippen LogP contribution in [-0.4, -0.2) is 29.5 Å². The molecule has 1 aromatic carbocycles. The predicted molar refractivity (Wildman–Crippen MR) is 112 cm³/mol. The number of ether oxygens (including phenoxy) is 1. The number of anilines is 1. The minimum atomic E-state index is -0.217. The van der Waals surface area contributed by atoms with E-state index < -0.39 is 0 Å². The third kappa shape index (κ3) is 4.42. The maximum absolute atomic E-state index is 11.6. The smallest absolute Gasteiger partial charge is 0.269 e. The maximum Gasteiger partial charge on any atom is 0.269 e. The first kappa shape index (κ1) is 18.7. The molecule has 4 rings (SSSR count). The number of rotatable bonds is 6. The fraction of sp³-hybridized carbons (Fsp3) is 0.381. The summed E-state index contributed by atoms with van der Waals surface area (Å²) >= 11 is 1.65. The summed E-state index contributed by atoms with van der Waals surface area (Å²) in [7, 11) is 1.58. The van der Waals surface area contributed by atoms with Gasteiger partial charge in [0.25, 0.3) is 5.91 Å². The Morgan fingerprint density at radius 1 is 1.18 bits per heavy atom. The summed E-state index contributed by atoms with van der Waals surface area (Å²) in [6.07, 6.45) is 8.28. The van der Waals surface area contributed by atoms with Gasteiger partial charge in [-0.2, -0.15) is 0 Å². The molecule has 0 radical (unpaired) electrons. The molecular formula is C21H24N4O2S. The van der Waals surface area contributed by atoms with E-state index in [1.807, 2.05) is 18.2 Å². The number of benzene rings is 1. The van der Waals surface area contributed by atoms with Gasteiger partial charge in [0.05, 0.1) is 16.4 Å². The highest BCUT2D eigenvalue weighted by Gasteiger charge is 2.14. The second kappa shape index (κ2) is 8.56. The Labute approximate surface area is 168 Å². The summed E-state index contributed by atoms with van der Waals surface area (Å²) in [5.74, 6) is 1.87. The molecule has 2 aromatic heterocycles. The Hall–Kier alpha value is -2.67. The topological polar surface area (TPSA) is 76.1 Å². The standard InChI is InChI=1S/C21H24N4O2S/c1-22-20(26)18-10-8-16(13-23-18)27-15-7-9-17-19(11-15)28-21(25-17)24-12-14-5-3-2-4-6-14/h7-11,13-14H,2-6,12H2,1H3,(H,22,26)(H,24,25). The number of fused-ring (bicyclic) bond motifs is 1. The van der Waals surface area contributed by atoms with Gasteiger partial charge in [0.2, 0.25) is 0 Å². The van der Waals surface area contributed by atoms with E-state index in [1.54, 1.807) is 36.7 Å². The second-order valence-electron chi connectivity index (χ2n) is 7.09. The summed E-state index contributed by atoms with van der Waals surface area (Å²) in [4.78, 5) is 20.4. The molecular weight excluding hydrogens is 372 g/mol. The quantitative estimate of drug-likeness (QED) is 0.624. The summed E-state index contributed by atoms with van der Waals surface area (Å²) < 4.78 is 6.97. The average molecular weight is 397 g/mol. The third-order valence-electron chi connectivity index (χ3n) is 5.06. The van der Waals surface area contributed by atoms with Crippen LogP contribution in [0.4, 0.5) is 5.13 Å². The van der Waals surface area contributed by atoms with E-state index >= 15 is 0 Å². The zero-order valence-electron chi connectivity index (χ0n) is 15.9. The minimum absolute atomic E-state index is 0.217. The van der Waals surface area contributed by atoms with Crippen molar-refractivity contribution in [3.63, 3.8) is 0 Å². The number of hydrogen-bond acceptors (Lipinski definition) is 6. The van der Waals surface area contributed by atoms with Gasteiger partial charge >= 0.3 is 0 Å². The van der Waals surface area contributed by atoms with E-state index in [0.29, 0.717) is 11.4 Å². The number of pyridine rings is 1. The number of amides is 1. The van der Waals surface area contributed by atoms with Crippen molar-refractivity contribution in [3.8, 4) is 11.5 Å². The minimum Gasteiger partial charge on any atom is -0.456 e. The number of carbonyl (C=O) groups is 1. The van der Waals surface area contributed by atoms with E-state index in [-0.39, 0.29) is 5.91 Å². The number of nitrogens with one attached hydrogen (secondary N) is 2. The highest BCUT2D eigenvalue weighted by Crippen LogP contribution is 2.32. The zero-order chi connectivity index (χ0) is 19.3. The molecule has 1 amide bonds. The van der Waals surface area contributed by atoms with Crippen LogP contribution >= 0.6 is 11.3 Å². The van der Waals surface area contributed by atoms with Crippen molar-refractivity contribution in [3.05, 3.63) is 42.2 Å². The molecule has 7 heteroatoms. The molecule has 0 saturated heterocycles. The molecule has 3 aromatic rings. The Kier molecular flexibility index (Phi) is 5.71. The molecule has 1 fully saturated rings. The molecule has 0 bridgehead atoms. The summed E-state index contributed by atoms with van der Waals surface area (Å²) in [6, 6.07) is 9.25. The van der Waals surface area contributed by atoms with Crippen LogP contribution in [0.2, 0.25) is 0 Å². The molecule has 28 heavy (non-hydrogen) atoms. The van der Waals surface area contributed by atoms with Crippen LogP contribution in [0.15, 0.2) is 36.5 Å². The van der Waals surface area contributed by atoms with Gasteiger partial charge < -0.3 is 15.4 Å². The van der Waals surface area contributed by atoms with E-state index in [2.05, 4.69) is 20.6 Å². The van der Waals surface area contributed by atoms with Crippen LogP contribution in [0.1, 0.15) is 42.6 Å². The zero-order valence-corrected chi connectivity index (χ0v) is 16.7. The molecule has 1 aliphatic rings. The highest BCUT2D eigenvalue weighted by atomic mass is 32.1. The van der Waals surface area contributed by atoms with Gasteiger partial charge in [0.15, 0.2) is 5.13 Å². The van der Waals surface area contributed by atoms with Crippen molar-refractivity contribution < 1.29 is 9.53 Å². The van der Waals surface area contributed by atoms with Gasteiger partial charge in [0, 0.05) is 19.7 Å². The second-order valence-corrected chi connectivity index (χ2v) is 8.12. The van der Waals surface area contributed by atoms with Crippen molar-refractivity contribution in [1.29, 1.82) is 0 Å². The lowest BCUT2D eigenvalue weighted by Gasteiger charge is -2.21. The number of nitrogens with zero attached hydrogens (tertiary/aromatic N) is 2. The molecule has 0 unspecified atom stereocenters. The first-order valence-corrected chi connectivity index (χ1v) is 10.5. The molecule has 0 aliphatic heterocycles. The molecule has 0 spiro atoms. The lowest BCUT2D eigenvalue weighted by Crippen LogP contribution is -2.18. The number of thiazole rings is 1. The molecule has 6 nitrogen and oxygen atoms in total. The lowest BCUT2D eigenvalue weighted by atomic mass is 9.89. The number of aromatic nitrogens is 2. The highest BCUT2D eigenvalue weighted by molar-refractivity contribution is 7.22. The van der Waals surface area contributed by atoms with Crippen molar-refractivity contribution in [2.24, 2.45) is 5.92 Å². The maximum atomic E-state index is 11.6. The first-order chi connectivity index (χ1) is 13.7. The fourth-order valence-corrected chi connectivity index (χ4v) is 4.41. The Morgan fingerprint density at radius 2 is 2.00 bits per heavy atom. The first-order valence-electron chi connectivity index (χ1n) is 9.72. The van der Waals surface area contributed by atoms with Crippen molar-refractivity contribution in [2.45, 2.75) is 32.1 Å². The van der Waals surface area contributed by atoms with Crippen LogP contribution in [0.25, 0.3) is 10.2 Å².